The number of aromatic nitrogens is 6. The third kappa shape index (κ3) is 20.1. The molecule has 11 aromatic carbocycles. The largest absolute Gasteiger partial charge is 0.338 e. The number of rotatable bonds is 18. The van der Waals surface area contributed by atoms with Gasteiger partial charge < -0.3 is 4.57 Å². The van der Waals surface area contributed by atoms with Gasteiger partial charge in [-0.1, -0.05) is 218 Å². The molecule has 0 N–H and O–H groups in total. The molecule has 0 radical (unpaired) electrons. The van der Waals surface area contributed by atoms with E-state index in [0.29, 0.717) is 76.8 Å². The molecule has 0 aliphatic carbocycles. The van der Waals surface area contributed by atoms with Crippen LogP contribution in [0.2, 0.25) is 0 Å². The lowest BCUT2D eigenvalue weighted by Crippen LogP contribution is -2.35. The van der Waals surface area contributed by atoms with Gasteiger partial charge in [-0.15, -0.1) is 0 Å². The zero-order valence-corrected chi connectivity index (χ0v) is 84.9. The number of fused-ring (bicyclic) bond motifs is 8. The lowest BCUT2D eigenvalue weighted by Gasteiger charge is -2.15. The fourth-order valence-electron chi connectivity index (χ4n) is 18.8. The van der Waals surface area contributed by atoms with E-state index < -0.39 is 18.6 Å². The quantitative estimate of drug-likeness (QED) is 0.0765. The standard InChI is InChI=1S/C31H35N2.2C25H32N.C23H28N.C22H26N/c1-8-20(4)23-13-14-25-24(17-23)16-22(6)32(7)31(25)27-18-30-28(15-21(27)5)26-11-9-10-12-29(26)33(30)19(2)3;2*1-8-17(4)20-9-10-23-21(14-20)11-12-26(7)25(23)24-15-22(16(2)3)13-18(5)19(24)6;1-7-16(3)19-8-9-21-20(14-19)10-11-24(6)23(21)22-13-15(2)12-17(4)18(22)5;1-6-15(2)18-11-12-21-19(14-18)13-17(4)23(5)22(21)20-10-8-7-9-16(20)3/h9-20H,8H2,1-7H3;2*9-17H,8H2,1-7H3;8-14,16H,7H2,1-6H3;7-15H,6H2,1-5H3/q5*+1/i16D;2D3,11D,12D,16D;11D,12D,16D;10D,11D;8D,9D,13D. The minimum atomic E-state index is -2.48. The van der Waals surface area contributed by atoms with Crippen molar-refractivity contribution in [1.29, 1.82) is 0 Å². The summed E-state index contributed by atoms with van der Waals surface area (Å²) >= 11 is 0. The number of hydrogen-bond acceptors (Lipinski definition) is 0. The third-order valence-corrected chi connectivity index (χ3v) is 28.8. The van der Waals surface area contributed by atoms with Gasteiger partial charge in [-0.2, -0.15) is 9.13 Å². The van der Waals surface area contributed by atoms with Crippen molar-refractivity contribution in [3.63, 3.8) is 0 Å². The summed E-state index contributed by atoms with van der Waals surface area (Å²) in [6.07, 6.45) is 5.82. The van der Waals surface area contributed by atoms with Crippen LogP contribution in [0.25, 0.3) is 132 Å². The number of para-hydroxylation sites is 1. The Morgan fingerprint density at radius 1 is 0.303 bits per heavy atom. The normalized spacial score (nSPS) is 15.0. The first kappa shape index (κ1) is 78.9. The highest BCUT2D eigenvalue weighted by molar-refractivity contribution is 6.10. The Morgan fingerprint density at radius 3 is 1.05 bits per heavy atom. The van der Waals surface area contributed by atoms with E-state index in [4.69, 9.17) is 20.6 Å². The van der Waals surface area contributed by atoms with Gasteiger partial charge in [0, 0.05) is 78.8 Å². The highest BCUT2D eigenvalue weighted by atomic mass is 15.0. The Balaban J connectivity index is 0.000000154. The average molecular weight is 1770 g/mol. The van der Waals surface area contributed by atoms with Gasteiger partial charge in [0.1, 0.15) is 39.4 Å². The van der Waals surface area contributed by atoms with Crippen molar-refractivity contribution < 1.29 is 43.4 Å². The molecule has 6 aromatic heterocycles. The second-order valence-electron chi connectivity index (χ2n) is 38.4. The Morgan fingerprint density at radius 2 is 0.667 bits per heavy atom. The molecule has 0 amide bonds. The molecule has 0 aliphatic rings. The summed E-state index contributed by atoms with van der Waals surface area (Å²) in [6, 6.07) is 64.0. The summed E-state index contributed by atoms with van der Waals surface area (Å²) in [4.78, 5) is 0. The topological polar surface area (TPSA) is 24.3 Å². The third-order valence-electron chi connectivity index (χ3n) is 28.8. The van der Waals surface area contributed by atoms with Crippen LogP contribution in [-0.4, -0.2) is 4.57 Å². The van der Waals surface area contributed by atoms with Crippen molar-refractivity contribution in [2.75, 3.05) is 0 Å². The first-order valence-corrected chi connectivity index (χ1v) is 48.0. The summed E-state index contributed by atoms with van der Waals surface area (Å²) in [5.41, 5.74) is 32.0. The van der Waals surface area contributed by atoms with Crippen molar-refractivity contribution in [3.05, 3.63) is 337 Å². The summed E-state index contributed by atoms with van der Waals surface area (Å²) in [5.74, 6) is -0.311. The van der Waals surface area contributed by atoms with Gasteiger partial charge >= 0.3 is 0 Å². The van der Waals surface area contributed by atoms with Crippen LogP contribution < -0.4 is 22.8 Å². The lowest BCUT2D eigenvalue weighted by molar-refractivity contribution is -0.665. The van der Waals surface area contributed by atoms with Crippen LogP contribution in [-0.2, 0) is 35.2 Å². The van der Waals surface area contributed by atoms with Gasteiger partial charge in [0.25, 0.3) is 0 Å². The SMILES string of the molecule is [2H]c1c(C)[n+](C)c(-c2cc3c(cc2C)c2ccccc2n3C(C)C)c2ccc(C(C)CC)cc12.[2H]c1c([2H])[n+](C)c(-c2cc(C([2H])(C)C([2H])([2H])[2H])cc(C)c2C)c2ccc(C(C)CC)cc12.[2H]c1c([2H])[n+](C)c(-c2cc(C([2H])(C)C)cc(C)c2C)c2ccc(C(C)CC)cc12.[2H]c1c([2H])[n+](C)c(-c2cc(C)cc(C)c2C)c2ccc(C(C)CC)cc12.[2H]c1cc([2H])c(C)c(-c2c3ccc(C(C)CC)cc3c([2H])c(C)[n+]2C)c1. The predicted octanol–water partition coefficient (Wildman–Crippen LogP) is 32.6. The number of benzene rings is 11. The van der Waals surface area contributed by atoms with E-state index in [-0.39, 0.29) is 30.6 Å². The molecule has 0 spiro atoms. The Labute approximate surface area is 814 Å². The number of aryl methyl sites for hydroxylation is 5. The van der Waals surface area contributed by atoms with E-state index in [1.807, 2.05) is 94.6 Å². The van der Waals surface area contributed by atoms with Gasteiger partial charge in [-0.25, -0.2) is 13.7 Å². The van der Waals surface area contributed by atoms with Crippen molar-refractivity contribution in [2.24, 2.45) is 35.2 Å². The fraction of sp³-hybridized carbons (Fsp3) is 0.357. The summed E-state index contributed by atoms with van der Waals surface area (Å²) in [5, 5.41) is 12.1. The molecule has 0 fully saturated rings. The van der Waals surface area contributed by atoms with E-state index in [1.54, 1.807) is 29.8 Å². The first-order valence-electron chi connectivity index (χ1n) is 55.5. The average Bonchev–Trinajstić information content (AvgIpc) is 1.09. The maximum absolute atomic E-state index is 8.91. The molecule has 6 heterocycles. The minimum absolute atomic E-state index is 0.0979. The molecule has 6 unspecified atom stereocenters. The molecule has 6 atom stereocenters. The van der Waals surface area contributed by atoms with Crippen LogP contribution in [0.3, 0.4) is 0 Å². The van der Waals surface area contributed by atoms with E-state index in [9.17, 15) is 0 Å². The number of nitrogens with zero attached hydrogens (tertiary/aromatic N) is 6. The van der Waals surface area contributed by atoms with Gasteiger partial charge in [0.2, 0.25) is 28.5 Å². The lowest BCUT2D eigenvalue weighted by atomic mass is 9.90. The Kier molecular flexibility index (Phi) is 24.9. The van der Waals surface area contributed by atoms with Crippen molar-refractivity contribution in [1.82, 2.24) is 4.57 Å². The summed E-state index contributed by atoms with van der Waals surface area (Å²) in [7, 11) is 9.60. The zero-order chi connectivity index (χ0) is 108. The Hall–Kier alpha value is -11.7. The summed E-state index contributed by atoms with van der Waals surface area (Å²) in [6.45, 7) is 51.8. The molecule has 17 aromatic rings. The maximum atomic E-state index is 8.91. The molecule has 6 nitrogen and oxygen atoms in total. The van der Waals surface area contributed by atoms with Crippen molar-refractivity contribution >= 4 is 75.7 Å². The number of pyridine rings is 5. The van der Waals surface area contributed by atoms with E-state index in [1.165, 1.54) is 84.5 Å². The highest BCUT2D eigenvalue weighted by Gasteiger charge is 2.29. The van der Waals surface area contributed by atoms with E-state index in [0.717, 1.165) is 176 Å². The van der Waals surface area contributed by atoms with Gasteiger partial charge in [-0.3, -0.25) is 0 Å². The van der Waals surface area contributed by atoms with Crippen molar-refractivity contribution in [3.8, 4) is 56.3 Å². The molecule has 682 valence electrons. The van der Waals surface area contributed by atoms with Gasteiger partial charge in [-0.05, 0) is 333 Å². The van der Waals surface area contributed by atoms with E-state index >= 15 is 0 Å². The smallest absolute Gasteiger partial charge is 0.220 e. The highest BCUT2D eigenvalue weighted by Crippen LogP contribution is 2.43. The molecule has 0 aliphatic heterocycles. The molecular weight excluding hydrogens is 1600 g/mol. The molecule has 0 bridgehead atoms. The van der Waals surface area contributed by atoms with Crippen LogP contribution in [0, 0.1) is 76.2 Å². The second kappa shape index (κ2) is 41.6. The molecule has 132 heavy (non-hydrogen) atoms. The van der Waals surface area contributed by atoms with Gasteiger partial charge in [0.05, 0.1) is 64.3 Å². The molecule has 6 heteroatoms. The Bertz CT molecular complexity index is 7870. The van der Waals surface area contributed by atoms with E-state index in [2.05, 4.69) is 287 Å². The molecule has 0 saturated heterocycles. The van der Waals surface area contributed by atoms with Crippen LogP contribution in [0.4, 0.5) is 0 Å². The van der Waals surface area contributed by atoms with Crippen molar-refractivity contribution in [2.45, 2.75) is 266 Å². The molecule has 0 saturated carbocycles. The molecular formula is C126H153N6+5. The second-order valence-corrected chi connectivity index (χ2v) is 38.4. The van der Waals surface area contributed by atoms with Gasteiger partial charge in [0.15, 0.2) is 29.9 Å². The first-order chi connectivity index (χ1) is 68.9. The fourth-order valence-corrected chi connectivity index (χ4v) is 18.8. The zero-order valence-electron chi connectivity index (χ0n) is 99.9. The van der Waals surface area contributed by atoms with Crippen LogP contribution >= 0.6 is 0 Å². The number of hydrogen-bond donors (Lipinski definition) is 0. The molecule has 17 rings (SSSR count). The minimum Gasteiger partial charge on any atom is -0.338 e. The predicted molar refractivity (Wildman–Crippen MR) is 570 cm³/mol. The van der Waals surface area contributed by atoms with Crippen LogP contribution in [0.5, 0.6) is 0 Å². The van der Waals surface area contributed by atoms with Crippen LogP contribution in [0.1, 0.15) is 311 Å². The summed E-state index contributed by atoms with van der Waals surface area (Å²) < 4.78 is 138. The monoisotopic (exact) mass is 1770 g/mol. The van der Waals surface area contributed by atoms with Crippen LogP contribution in [0.15, 0.2) is 237 Å². The maximum Gasteiger partial charge on any atom is 0.220 e.